The molecule has 2 heterocycles. The predicted octanol–water partition coefficient (Wildman–Crippen LogP) is 1.85. The van der Waals surface area contributed by atoms with Crippen molar-refractivity contribution >= 4 is 22.4 Å². The molecule has 0 radical (unpaired) electrons. The zero-order valence-electron chi connectivity index (χ0n) is 11.1. The molecule has 0 atom stereocenters. The average molecular weight is 270 g/mol. The van der Waals surface area contributed by atoms with Crippen LogP contribution in [0.25, 0.3) is 0 Å². The third-order valence-corrected chi connectivity index (χ3v) is 4.05. The van der Waals surface area contributed by atoms with Crippen LogP contribution in [0.2, 0.25) is 0 Å². The molecule has 1 saturated heterocycles. The van der Waals surface area contributed by atoms with E-state index in [2.05, 4.69) is 23.7 Å². The summed E-state index contributed by atoms with van der Waals surface area (Å²) in [5.74, 6) is -0.316. The first-order valence-electron chi connectivity index (χ1n) is 5.87. The van der Waals surface area contributed by atoms with Gasteiger partial charge in [0.2, 0.25) is 0 Å². The van der Waals surface area contributed by atoms with Crippen LogP contribution in [0.15, 0.2) is 0 Å². The fraction of sp³-hybridized carbons (Fsp3) is 0.667. The molecule has 0 spiro atoms. The first-order chi connectivity index (χ1) is 8.43. The van der Waals surface area contributed by atoms with E-state index in [1.807, 2.05) is 6.92 Å². The predicted molar refractivity (Wildman–Crippen MR) is 70.4 cm³/mol. The molecule has 2 rings (SSSR count). The Hall–Kier alpha value is -1.14. The van der Waals surface area contributed by atoms with Crippen molar-refractivity contribution in [1.29, 1.82) is 0 Å². The summed E-state index contributed by atoms with van der Waals surface area (Å²) in [5, 5.41) is 0.865. The molecule has 0 saturated carbocycles. The summed E-state index contributed by atoms with van der Waals surface area (Å²) in [7, 11) is 1.39. The van der Waals surface area contributed by atoms with Gasteiger partial charge in [-0.3, -0.25) is 0 Å². The molecule has 1 aromatic heterocycles. The van der Waals surface area contributed by atoms with Gasteiger partial charge in [0.1, 0.15) is 4.88 Å². The Bertz CT molecular complexity index is 456. The first-order valence-corrected chi connectivity index (χ1v) is 6.69. The van der Waals surface area contributed by atoms with Gasteiger partial charge in [-0.05, 0) is 20.8 Å². The SMILES string of the molecule is COC(=O)c1sc(N2CCOC(C)(C)C2)nc1C. The average Bonchev–Trinajstić information content (AvgIpc) is 2.69. The Balaban J connectivity index is 2.21. The van der Waals surface area contributed by atoms with Crippen molar-refractivity contribution in [2.75, 3.05) is 31.7 Å². The quantitative estimate of drug-likeness (QED) is 0.768. The molecular weight excluding hydrogens is 252 g/mol. The lowest BCUT2D eigenvalue weighted by Crippen LogP contribution is -2.48. The van der Waals surface area contributed by atoms with Gasteiger partial charge in [-0.15, -0.1) is 0 Å². The molecule has 0 unspecified atom stereocenters. The number of nitrogens with zero attached hydrogens (tertiary/aromatic N) is 2. The summed E-state index contributed by atoms with van der Waals surface area (Å²) >= 11 is 1.38. The van der Waals surface area contributed by atoms with E-state index in [9.17, 15) is 4.79 Å². The molecule has 0 bridgehead atoms. The standard InChI is InChI=1S/C12H18N2O3S/c1-8-9(10(15)16-4)18-11(13-8)14-5-6-17-12(2,3)7-14/h5-7H2,1-4H3. The van der Waals surface area contributed by atoms with Crippen LogP contribution in [0.5, 0.6) is 0 Å². The number of esters is 1. The van der Waals surface area contributed by atoms with Gasteiger partial charge in [-0.25, -0.2) is 9.78 Å². The summed E-state index contributed by atoms with van der Waals surface area (Å²) in [6, 6.07) is 0. The van der Waals surface area contributed by atoms with Gasteiger partial charge in [0.15, 0.2) is 5.13 Å². The molecule has 1 aliphatic rings. The molecule has 1 fully saturated rings. The highest BCUT2D eigenvalue weighted by molar-refractivity contribution is 7.17. The van der Waals surface area contributed by atoms with Gasteiger partial charge in [0.05, 0.1) is 25.0 Å². The van der Waals surface area contributed by atoms with Crippen molar-refractivity contribution in [3.05, 3.63) is 10.6 Å². The Morgan fingerprint density at radius 3 is 2.89 bits per heavy atom. The lowest BCUT2D eigenvalue weighted by Gasteiger charge is -2.37. The fourth-order valence-electron chi connectivity index (χ4n) is 1.98. The molecular formula is C12H18N2O3S. The van der Waals surface area contributed by atoms with E-state index in [0.29, 0.717) is 11.5 Å². The number of methoxy groups -OCH3 is 1. The molecule has 6 heteroatoms. The molecule has 0 aliphatic carbocycles. The maximum Gasteiger partial charge on any atom is 0.350 e. The number of carbonyl (C=O) groups excluding carboxylic acids is 1. The molecule has 0 amide bonds. The highest BCUT2D eigenvalue weighted by Crippen LogP contribution is 2.29. The third kappa shape index (κ3) is 2.64. The van der Waals surface area contributed by atoms with Crippen molar-refractivity contribution in [2.45, 2.75) is 26.4 Å². The normalized spacial score (nSPS) is 18.8. The summed E-state index contributed by atoms with van der Waals surface area (Å²) < 4.78 is 10.4. The van der Waals surface area contributed by atoms with Gasteiger partial charge in [0.25, 0.3) is 0 Å². The number of ether oxygens (including phenoxy) is 2. The number of aryl methyl sites for hydroxylation is 1. The second kappa shape index (κ2) is 4.85. The zero-order chi connectivity index (χ0) is 13.3. The van der Waals surface area contributed by atoms with E-state index >= 15 is 0 Å². The van der Waals surface area contributed by atoms with Crippen LogP contribution in [0.4, 0.5) is 5.13 Å². The number of thiazole rings is 1. The summed E-state index contributed by atoms with van der Waals surface area (Å²) in [6.07, 6.45) is 0. The zero-order valence-corrected chi connectivity index (χ0v) is 12.0. The second-order valence-electron chi connectivity index (χ2n) is 4.93. The molecule has 0 N–H and O–H groups in total. The van der Waals surface area contributed by atoms with Gasteiger partial charge in [-0.2, -0.15) is 0 Å². The van der Waals surface area contributed by atoms with Crippen LogP contribution < -0.4 is 4.90 Å². The first kappa shape index (κ1) is 13.3. The van der Waals surface area contributed by atoms with Gasteiger partial charge in [0, 0.05) is 13.1 Å². The largest absolute Gasteiger partial charge is 0.465 e. The highest BCUT2D eigenvalue weighted by atomic mass is 32.1. The number of morpholine rings is 1. The topological polar surface area (TPSA) is 51.7 Å². The van der Waals surface area contributed by atoms with Crippen molar-refractivity contribution < 1.29 is 14.3 Å². The number of carbonyl (C=O) groups is 1. The Morgan fingerprint density at radius 1 is 1.56 bits per heavy atom. The van der Waals surface area contributed by atoms with Gasteiger partial charge < -0.3 is 14.4 Å². The van der Waals surface area contributed by atoms with Crippen LogP contribution in [0.1, 0.15) is 29.2 Å². The Morgan fingerprint density at radius 2 is 2.28 bits per heavy atom. The molecule has 1 aromatic rings. The molecule has 5 nitrogen and oxygen atoms in total. The minimum atomic E-state index is -0.316. The van der Waals surface area contributed by atoms with Crippen molar-refractivity contribution in [2.24, 2.45) is 0 Å². The van der Waals surface area contributed by atoms with Crippen molar-refractivity contribution in [3.63, 3.8) is 0 Å². The van der Waals surface area contributed by atoms with E-state index in [1.165, 1.54) is 18.4 Å². The summed E-state index contributed by atoms with van der Waals surface area (Å²) in [6.45, 7) is 8.20. The van der Waals surface area contributed by atoms with E-state index in [-0.39, 0.29) is 11.6 Å². The lowest BCUT2D eigenvalue weighted by atomic mass is 10.1. The maximum atomic E-state index is 11.6. The van der Waals surface area contributed by atoms with E-state index in [1.54, 1.807) is 0 Å². The van der Waals surface area contributed by atoms with Crippen LogP contribution in [-0.2, 0) is 9.47 Å². The maximum absolute atomic E-state index is 11.6. The number of aromatic nitrogens is 1. The van der Waals surface area contributed by atoms with Gasteiger partial charge >= 0.3 is 5.97 Å². The van der Waals surface area contributed by atoms with Gasteiger partial charge in [-0.1, -0.05) is 11.3 Å². The minimum Gasteiger partial charge on any atom is -0.465 e. The summed E-state index contributed by atoms with van der Waals surface area (Å²) in [5.41, 5.74) is 0.551. The highest BCUT2D eigenvalue weighted by Gasteiger charge is 2.29. The minimum absolute atomic E-state index is 0.177. The van der Waals surface area contributed by atoms with E-state index < -0.39 is 0 Å². The molecule has 18 heavy (non-hydrogen) atoms. The monoisotopic (exact) mass is 270 g/mol. The van der Waals surface area contributed by atoms with E-state index in [0.717, 1.165) is 23.9 Å². The van der Waals surface area contributed by atoms with Crippen LogP contribution >= 0.6 is 11.3 Å². The number of hydrogen-bond acceptors (Lipinski definition) is 6. The van der Waals surface area contributed by atoms with Crippen molar-refractivity contribution in [3.8, 4) is 0 Å². The lowest BCUT2D eigenvalue weighted by molar-refractivity contribution is -0.0277. The fourth-order valence-corrected chi connectivity index (χ4v) is 2.99. The van der Waals surface area contributed by atoms with Crippen LogP contribution in [0, 0.1) is 6.92 Å². The number of rotatable bonds is 2. The molecule has 1 aliphatic heterocycles. The van der Waals surface area contributed by atoms with Crippen molar-refractivity contribution in [1.82, 2.24) is 4.98 Å². The van der Waals surface area contributed by atoms with Crippen LogP contribution in [0.3, 0.4) is 0 Å². The molecule has 100 valence electrons. The number of anilines is 1. The number of hydrogen-bond donors (Lipinski definition) is 0. The second-order valence-corrected chi connectivity index (χ2v) is 5.91. The summed E-state index contributed by atoms with van der Waals surface area (Å²) in [4.78, 5) is 18.8. The Labute approximate surface area is 111 Å². The Kier molecular flexibility index (Phi) is 3.59. The molecule has 0 aromatic carbocycles. The smallest absolute Gasteiger partial charge is 0.350 e. The third-order valence-electron chi connectivity index (χ3n) is 2.85. The van der Waals surface area contributed by atoms with Crippen LogP contribution in [-0.4, -0.2) is 43.4 Å². The van der Waals surface area contributed by atoms with E-state index in [4.69, 9.17) is 9.47 Å².